The van der Waals surface area contributed by atoms with Gasteiger partial charge < -0.3 is 20.1 Å². The smallest absolute Gasteiger partial charge is 0.223 e. The maximum absolute atomic E-state index is 12.0. The second-order valence-corrected chi connectivity index (χ2v) is 5.25. The van der Waals surface area contributed by atoms with E-state index in [1.165, 1.54) is 6.07 Å². The van der Waals surface area contributed by atoms with Gasteiger partial charge in [0.05, 0.1) is 12.8 Å². The molecule has 22 heavy (non-hydrogen) atoms. The first-order valence-electron chi connectivity index (χ1n) is 7.40. The third-order valence-electron chi connectivity index (χ3n) is 3.54. The quantitative estimate of drug-likeness (QED) is 0.815. The topological polar surface area (TPSA) is 77.5 Å². The Hall–Kier alpha value is -2.11. The van der Waals surface area contributed by atoms with E-state index in [1.54, 1.807) is 10.8 Å². The van der Waals surface area contributed by atoms with E-state index < -0.39 is 0 Å². The summed E-state index contributed by atoms with van der Waals surface area (Å²) in [6.45, 7) is 2.66. The number of nitrogens with two attached hydrogens (primary N) is 1. The normalized spacial score (nSPS) is 12.1. The van der Waals surface area contributed by atoms with Gasteiger partial charge in [-0.2, -0.15) is 0 Å². The summed E-state index contributed by atoms with van der Waals surface area (Å²) >= 11 is 0. The molecule has 5 nitrogen and oxygen atoms in total. The standard InChI is InChI=1S/C17H22N2O3/c1-2-14(18)9-19-10-17(16(21)8-15(19)11-20)22-12-13-6-4-3-5-7-13/h3-8,10,14,20H,2,9,11-12,18H2,1H3. The Kier molecular flexibility index (Phi) is 5.75. The van der Waals surface area contributed by atoms with E-state index in [-0.39, 0.29) is 23.8 Å². The summed E-state index contributed by atoms with van der Waals surface area (Å²) in [5.74, 6) is 0.268. The fraction of sp³-hybridized carbons (Fsp3) is 0.353. The van der Waals surface area contributed by atoms with Crippen LogP contribution < -0.4 is 15.9 Å². The molecule has 0 aliphatic carbocycles. The monoisotopic (exact) mass is 302 g/mol. The maximum atomic E-state index is 12.0. The molecule has 118 valence electrons. The van der Waals surface area contributed by atoms with Crippen LogP contribution in [0.1, 0.15) is 24.6 Å². The Labute approximate surface area is 130 Å². The van der Waals surface area contributed by atoms with Crippen LogP contribution in [0.5, 0.6) is 5.75 Å². The van der Waals surface area contributed by atoms with Gasteiger partial charge in [0.1, 0.15) is 6.61 Å². The predicted octanol–water partition coefficient (Wildman–Crippen LogP) is 1.66. The van der Waals surface area contributed by atoms with E-state index in [4.69, 9.17) is 10.5 Å². The molecule has 1 heterocycles. The molecule has 0 radical (unpaired) electrons. The Morgan fingerprint density at radius 2 is 2.05 bits per heavy atom. The van der Waals surface area contributed by atoms with Crippen LogP contribution in [0.4, 0.5) is 0 Å². The summed E-state index contributed by atoms with van der Waals surface area (Å²) in [5.41, 5.74) is 7.26. The molecule has 0 saturated heterocycles. The Morgan fingerprint density at radius 1 is 1.32 bits per heavy atom. The zero-order valence-electron chi connectivity index (χ0n) is 12.7. The fourth-order valence-electron chi connectivity index (χ4n) is 2.13. The molecule has 1 unspecified atom stereocenters. The number of rotatable bonds is 7. The molecule has 0 spiro atoms. The van der Waals surface area contributed by atoms with Crippen LogP contribution in [0, 0.1) is 0 Å². The van der Waals surface area contributed by atoms with E-state index in [2.05, 4.69) is 0 Å². The largest absolute Gasteiger partial charge is 0.483 e. The molecule has 0 bridgehead atoms. The second-order valence-electron chi connectivity index (χ2n) is 5.25. The van der Waals surface area contributed by atoms with E-state index in [0.717, 1.165) is 12.0 Å². The number of hydrogen-bond acceptors (Lipinski definition) is 4. The van der Waals surface area contributed by atoms with E-state index in [9.17, 15) is 9.90 Å². The number of pyridine rings is 1. The van der Waals surface area contributed by atoms with E-state index in [1.807, 2.05) is 37.3 Å². The lowest BCUT2D eigenvalue weighted by Gasteiger charge is -2.17. The number of ether oxygens (including phenoxy) is 1. The first-order valence-corrected chi connectivity index (χ1v) is 7.40. The van der Waals surface area contributed by atoms with Gasteiger partial charge >= 0.3 is 0 Å². The Morgan fingerprint density at radius 3 is 2.68 bits per heavy atom. The van der Waals surface area contributed by atoms with Crippen molar-refractivity contribution in [1.82, 2.24) is 4.57 Å². The highest BCUT2D eigenvalue weighted by atomic mass is 16.5. The van der Waals surface area contributed by atoms with Gasteiger partial charge in [0.25, 0.3) is 0 Å². The van der Waals surface area contributed by atoms with Gasteiger partial charge in [0, 0.05) is 24.3 Å². The van der Waals surface area contributed by atoms with Gasteiger partial charge in [-0.1, -0.05) is 37.3 Å². The summed E-state index contributed by atoms with van der Waals surface area (Å²) in [6.07, 6.45) is 2.45. The van der Waals surface area contributed by atoms with Crippen molar-refractivity contribution in [2.75, 3.05) is 0 Å². The van der Waals surface area contributed by atoms with Crippen LogP contribution >= 0.6 is 0 Å². The van der Waals surface area contributed by atoms with Crippen LogP contribution in [0.25, 0.3) is 0 Å². The lowest BCUT2D eigenvalue weighted by molar-refractivity contribution is 0.263. The Bertz CT molecular complexity index is 653. The second kappa shape index (κ2) is 7.77. The van der Waals surface area contributed by atoms with Crippen molar-refractivity contribution in [3.8, 4) is 5.75 Å². The molecule has 1 aromatic heterocycles. The number of hydrogen-bond donors (Lipinski definition) is 2. The third-order valence-corrected chi connectivity index (χ3v) is 3.54. The van der Waals surface area contributed by atoms with Gasteiger partial charge in [-0.3, -0.25) is 4.79 Å². The van der Waals surface area contributed by atoms with Crippen molar-refractivity contribution in [3.05, 3.63) is 64.1 Å². The highest BCUT2D eigenvalue weighted by Gasteiger charge is 2.10. The fourth-order valence-corrected chi connectivity index (χ4v) is 2.13. The van der Waals surface area contributed by atoms with E-state index in [0.29, 0.717) is 18.8 Å². The molecular weight excluding hydrogens is 280 g/mol. The number of nitrogens with zero attached hydrogens (tertiary/aromatic N) is 1. The summed E-state index contributed by atoms with van der Waals surface area (Å²) in [5, 5.41) is 9.39. The number of aliphatic hydroxyl groups is 1. The molecule has 0 amide bonds. The molecule has 1 aromatic carbocycles. The minimum absolute atomic E-state index is 0.0326. The van der Waals surface area contributed by atoms with Crippen molar-refractivity contribution in [2.24, 2.45) is 5.73 Å². The van der Waals surface area contributed by atoms with Crippen LogP contribution in [0.3, 0.4) is 0 Å². The lowest BCUT2D eigenvalue weighted by Crippen LogP contribution is -2.27. The van der Waals surface area contributed by atoms with Crippen LogP contribution in [-0.4, -0.2) is 15.7 Å². The maximum Gasteiger partial charge on any atom is 0.223 e. The minimum Gasteiger partial charge on any atom is -0.483 e. The van der Waals surface area contributed by atoms with Gasteiger partial charge in [-0.25, -0.2) is 0 Å². The molecule has 0 saturated carbocycles. The zero-order chi connectivity index (χ0) is 15.9. The molecule has 0 fully saturated rings. The molecular formula is C17H22N2O3. The summed E-state index contributed by atoms with van der Waals surface area (Å²) in [4.78, 5) is 12.0. The molecule has 1 atom stereocenters. The number of aliphatic hydroxyl groups excluding tert-OH is 1. The van der Waals surface area contributed by atoms with Crippen molar-refractivity contribution < 1.29 is 9.84 Å². The average Bonchev–Trinajstić information content (AvgIpc) is 2.55. The summed E-state index contributed by atoms with van der Waals surface area (Å²) < 4.78 is 7.41. The summed E-state index contributed by atoms with van der Waals surface area (Å²) in [7, 11) is 0. The SMILES string of the molecule is CCC(N)Cn1cc(OCc2ccccc2)c(=O)cc1CO. The predicted molar refractivity (Wildman–Crippen MR) is 85.7 cm³/mol. The molecule has 5 heteroatoms. The molecule has 0 aliphatic rings. The van der Waals surface area contributed by atoms with Gasteiger partial charge in [-0.15, -0.1) is 0 Å². The molecule has 2 rings (SSSR count). The lowest BCUT2D eigenvalue weighted by atomic mass is 10.2. The Balaban J connectivity index is 2.20. The van der Waals surface area contributed by atoms with Crippen molar-refractivity contribution >= 4 is 0 Å². The first-order chi connectivity index (χ1) is 10.6. The molecule has 3 N–H and O–H groups in total. The van der Waals surface area contributed by atoms with Crippen molar-refractivity contribution in [1.29, 1.82) is 0 Å². The number of benzene rings is 1. The zero-order valence-corrected chi connectivity index (χ0v) is 12.7. The summed E-state index contributed by atoms with van der Waals surface area (Å²) in [6, 6.07) is 11.0. The number of aromatic nitrogens is 1. The van der Waals surface area contributed by atoms with Crippen LogP contribution in [0.2, 0.25) is 0 Å². The van der Waals surface area contributed by atoms with Gasteiger partial charge in [0.2, 0.25) is 5.43 Å². The molecule has 2 aromatic rings. The van der Waals surface area contributed by atoms with Crippen LogP contribution in [-0.2, 0) is 19.8 Å². The first kappa shape index (κ1) is 16.3. The average molecular weight is 302 g/mol. The molecule has 0 aliphatic heterocycles. The van der Waals surface area contributed by atoms with Crippen LogP contribution in [0.15, 0.2) is 47.4 Å². The minimum atomic E-state index is -0.235. The third kappa shape index (κ3) is 4.19. The van der Waals surface area contributed by atoms with E-state index >= 15 is 0 Å². The van der Waals surface area contributed by atoms with Gasteiger partial charge in [-0.05, 0) is 12.0 Å². The highest BCUT2D eigenvalue weighted by Crippen LogP contribution is 2.11. The van der Waals surface area contributed by atoms with Gasteiger partial charge in [0.15, 0.2) is 5.75 Å². The van der Waals surface area contributed by atoms with Crippen molar-refractivity contribution in [3.63, 3.8) is 0 Å². The highest BCUT2D eigenvalue weighted by molar-refractivity contribution is 5.23. The van der Waals surface area contributed by atoms with Crippen molar-refractivity contribution in [2.45, 2.75) is 39.1 Å².